The molecule has 0 saturated carbocycles. The van der Waals surface area contributed by atoms with Crippen LogP contribution in [-0.2, 0) is 4.84 Å². The fourth-order valence-corrected chi connectivity index (χ4v) is 1.98. The molecule has 5 heteroatoms. The second-order valence-electron chi connectivity index (χ2n) is 4.61. The molecule has 0 radical (unpaired) electrons. The molecule has 18 heavy (non-hydrogen) atoms. The van der Waals surface area contributed by atoms with Crippen LogP contribution >= 0.6 is 0 Å². The van der Waals surface area contributed by atoms with Gasteiger partial charge in [0.1, 0.15) is 6.17 Å². The van der Waals surface area contributed by atoms with Crippen molar-refractivity contribution in [1.29, 1.82) is 0 Å². The second kappa shape index (κ2) is 5.46. The molecule has 4 nitrogen and oxygen atoms in total. The smallest absolute Gasteiger partial charge is 0.357 e. The van der Waals surface area contributed by atoms with Crippen LogP contribution in [0.2, 0.25) is 0 Å². The number of halogens is 1. The molecule has 3 atom stereocenters. The van der Waals surface area contributed by atoms with Crippen molar-refractivity contribution < 1.29 is 14.0 Å². The van der Waals surface area contributed by atoms with Crippen LogP contribution in [0.15, 0.2) is 30.3 Å². The SMILES string of the molecule is C[C@H]1C[C@H](F)[C@@H](N)CN1OC(=O)c1ccccc1. The average molecular weight is 252 g/mol. The van der Waals surface area contributed by atoms with Crippen molar-refractivity contribution in [2.45, 2.75) is 31.6 Å². The van der Waals surface area contributed by atoms with E-state index >= 15 is 0 Å². The molecule has 1 fully saturated rings. The lowest BCUT2D eigenvalue weighted by Gasteiger charge is -2.36. The van der Waals surface area contributed by atoms with Gasteiger partial charge in [-0.15, -0.1) is 5.06 Å². The highest BCUT2D eigenvalue weighted by molar-refractivity contribution is 5.89. The number of nitrogens with two attached hydrogens (primary N) is 1. The Bertz CT molecular complexity index is 413. The van der Waals surface area contributed by atoms with Gasteiger partial charge in [0.05, 0.1) is 18.2 Å². The molecule has 0 bridgehead atoms. The zero-order valence-corrected chi connectivity index (χ0v) is 10.3. The van der Waals surface area contributed by atoms with Crippen molar-refractivity contribution in [3.8, 4) is 0 Å². The topological polar surface area (TPSA) is 55.6 Å². The Labute approximate surface area is 105 Å². The quantitative estimate of drug-likeness (QED) is 0.867. The molecule has 0 unspecified atom stereocenters. The van der Waals surface area contributed by atoms with Gasteiger partial charge in [-0.2, -0.15) is 0 Å². The van der Waals surface area contributed by atoms with Gasteiger partial charge >= 0.3 is 5.97 Å². The first-order valence-corrected chi connectivity index (χ1v) is 6.01. The lowest BCUT2D eigenvalue weighted by atomic mass is 10.0. The van der Waals surface area contributed by atoms with Crippen LogP contribution in [0.25, 0.3) is 0 Å². The predicted molar refractivity (Wildman–Crippen MR) is 65.5 cm³/mol. The van der Waals surface area contributed by atoms with E-state index in [9.17, 15) is 9.18 Å². The Balaban J connectivity index is 1.99. The average Bonchev–Trinajstić information content (AvgIpc) is 2.37. The number of alkyl halides is 1. The third kappa shape index (κ3) is 2.86. The van der Waals surface area contributed by atoms with Crippen LogP contribution in [0.3, 0.4) is 0 Å². The summed E-state index contributed by atoms with van der Waals surface area (Å²) in [4.78, 5) is 17.1. The van der Waals surface area contributed by atoms with E-state index in [0.717, 1.165) is 0 Å². The normalized spacial score (nSPS) is 28.9. The molecule has 2 rings (SSSR count). The fourth-order valence-electron chi connectivity index (χ4n) is 1.98. The number of hydrogen-bond donors (Lipinski definition) is 1. The zero-order valence-electron chi connectivity index (χ0n) is 10.3. The van der Waals surface area contributed by atoms with Gasteiger partial charge in [-0.25, -0.2) is 9.18 Å². The first kappa shape index (κ1) is 13.0. The molecule has 0 aliphatic carbocycles. The van der Waals surface area contributed by atoms with Crippen LogP contribution in [0, 0.1) is 0 Å². The van der Waals surface area contributed by atoms with Gasteiger partial charge in [0.25, 0.3) is 0 Å². The predicted octanol–water partition coefficient (Wildman–Crippen LogP) is 1.52. The molecule has 1 saturated heterocycles. The molecular weight excluding hydrogens is 235 g/mol. The highest BCUT2D eigenvalue weighted by Crippen LogP contribution is 2.20. The fraction of sp³-hybridized carbons (Fsp3) is 0.462. The maximum atomic E-state index is 13.4. The molecular formula is C13H17FN2O2. The molecule has 1 heterocycles. The van der Waals surface area contributed by atoms with E-state index in [1.54, 1.807) is 24.3 Å². The Morgan fingerprint density at radius 2 is 2.11 bits per heavy atom. The van der Waals surface area contributed by atoms with Crippen molar-refractivity contribution in [1.82, 2.24) is 5.06 Å². The number of benzene rings is 1. The summed E-state index contributed by atoms with van der Waals surface area (Å²) in [5.41, 5.74) is 6.11. The molecule has 0 aromatic heterocycles. The number of hydroxylamine groups is 2. The monoisotopic (exact) mass is 252 g/mol. The Morgan fingerprint density at radius 1 is 1.44 bits per heavy atom. The maximum absolute atomic E-state index is 13.4. The minimum atomic E-state index is -1.04. The Kier molecular flexibility index (Phi) is 3.93. The first-order valence-electron chi connectivity index (χ1n) is 6.01. The van der Waals surface area contributed by atoms with Crippen LogP contribution in [0.5, 0.6) is 0 Å². The third-order valence-electron chi connectivity index (χ3n) is 3.12. The first-order chi connectivity index (χ1) is 8.58. The lowest BCUT2D eigenvalue weighted by Crippen LogP contribution is -2.53. The van der Waals surface area contributed by atoms with Gasteiger partial charge in [0.2, 0.25) is 0 Å². The highest BCUT2D eigenvalue weighted by Gasteiger charge is 2.33. The summed E-state index contributed by atoms with van der Waals surface area (Å²) in [6.07, 6.45) is -0.754. The van der Waals surface area contributed by atoms with Gasteiger partial charge in [0, 0.05) is 6.04 Å². The number of piperidine rings is 1. The number of carbonyl (C=O) groups is 1. The number of carbonyl (C=O) groups excluding carboxylic acids is 1. The molecule has 2 N–H and O–H groups in total. The van der Waals surface area contributed by atoms with E-state index in [-0.39, 0.29) is 19.0 Å². The summed E-state index contributed by atoms with van der Waals surface area (Å²) in [6, 6.07) is 7.93. The second-order valence-corrected chi connectivity index (χ2v) is 4.61. The van der Waals surface area contributed by atoms with Gasteiger partial charge in [-0.05, 0) is 25.5 Å². The molecule has 98 valence electrons. The van der Waals surface area contributed by atoms with Crippen molar-refractivity contribution in [2.75, 3.05) is 6.54 Å². The van der Waals surface area contributed by atoms with Crippen LogP contribution < -0.4 is 5.73 Å². The van der Waals surface area contributed by atoms with Gasteiger partial charge in [0.15, 0.2) is 0 Å². The van der Waals surface area contributed by atoms with E-state index in [0.29, 0.717) is 5.56 Å². The number of rotatable bonds is 2. The Hall–Kier alpha value is -1.46. The van der Waals surface area contributed by atoms with Crippen LogP contribution in [0.4, 0.5) is 4.39 Å². The van der Waals surface area contributed by atoms with Gasteiger partial charge in [-0.3, -0.25) is 0 Å². The summed E-state index contributed by atoms with van der Waals surface area (Å²) in [5, 5.41) is 1.47. The van der Waals surface area contributed by atoms with Crippen molar-refractivity contribution in [3.05, 3.63) is 35.9 Å². The van der Waals surface area contributed by atoms with Crippen molar-refractivity contribution in [3.63, 3.8) is 0 Å². The van der Waals surface area contributed by atoms with E-state index in [1.165, 1.54) is 5.06 Å². The largest absolute Gasteiger partial charge is 0.364 e. The summed E-state index contributed by atoms with van der Waals surface area (Å²) in [6.45, 7) is 2.04. The molecule has 1 aliphatic rings. The van der Waals surface area contributed by atoms with E-state index in [1.807, 2.05) is 13.0 Å². The van der Waals surface area contributed by atoms with E-state index in [2.05, 4.69) is 0 Å². The number of hydrogen-bond acceptors (Lipinski definition) is 4. The van der Waals surface area contributed by atoms with Crippen molar-refractivity contribution >= 4 is 5.97 Å². The van der Waals surface area contributed by atoms with Crippen molar-refractivity contribution in [2.24, 2.45) is 5.73 Å². The van der Waals surface area contributed by atoms with E-state index in [4.69, 9.17) is 10.6 Å². The number of nitrogens with zero attached hydrogens (tertiary/aromatic N) is 1. The van der Waals surface area contributed by atoms with Crippen LogP contribution in [0.1, 0.15) is 23.7 Å². The minimum absolute atomic E-state index is 0.160. The van der Waals surface area contributed by atoms with E-state index < -0.39 is 18.2 Å². The summed E-state index contributed by atoms with van der Waals surface area (Å²) in [5.74, 6) is -0.438. The van der Waals surface area contributed by atoms with Crippen LogP contribution in [-0.4, -0.2) is 35.8 Å². The summed E-state index contributed by atoms with van der Waals surface area (Å²) in [7, 11) is 0. The molecule has 1 aromatic carbocycles. The zero-order chi connectivity index (χ0) is 13.1. The summed E-state index contributed by atoms with van der Waals surface area (Å²) >= 11 is 0. The maximum Gasteiger partial charge on any atom is 0.357 e. The highest BCUT2D eigenvalue weighted by atomic mass is 19.1. The van der Waals surface area contributed by atoms with Gasteiger partial charge < -0.3 is 10.6 Å². The molecule has 0 spiro atoms. The Morgan fingerprint density at radius 3 is 2.78 bits per heavy atom. The standard InChI is InChI=1S/C13H17FN2O2/c1-9-7-11(14)12(15)8-16(9)18-13(17)10-5-3-2-4-6-10/h2-6,9,11-12H,7-8,15H2,1H3/t9-,11-,12-/m0/s1. The molecule has 1 aliphatic heterocycles. The minimum Gasteiger partial charge on any atom is -0.364 e. The summed E-state index contributed by atoms with van der Waals surface area (Å²) < 4.78 is 13.4. The molecule has 0 amide bonds. The molecule has 1 aromatic rings. The van der Waals surface area contributed by atoms with Gasteiger partial charge in [-0.1, -0.05) is 18.2 Å². The third-order valence-corrected chi connectivity index (χ3v) is 3.12. The lowest BCUT2D eigenvalue weighted by molar-refractivity contribution is -0.159.